The van der Waals surface area contributed by atoms with E-state index in [1.54, 1.807) is 41.1 Å². The number of pyridine rings is 2. The Balaban J connectivity index is 0.000000200. The molecule has 5 heterocycles. The summed E-state index contributed by atoms with van der Waals surface area (Å²) < 4.78 is 87.6. The van der Waals surface area contributed by atoms with E-state index < -0.39 is 63.0 Å². The summed E-state index contributed by atoms with van der Waals surface area (Å²) >= 11 is 18.3. The summed E-state index contributed by atoms with van der Waals surface area (Å²) in [4.78, 5) is 60.4. The van der Waals surface area contributed by atoms with E-state index in [-0.39, 0.29) is 24.1 Å². The lowest BCUT2D eigenvalue weighted by Crippen LogP contribution is -2.36. The van der Waals surface area contributed by atoms with Gasteiger partial charge in [-0.2, -0.15) is 36.2 Å². The van der Waals surface area contributed by atoms with Crippen molar-refractivity contribution >= 4 is 79.6 Å². The molecule has 0 saturated carbocycles. The highest BCUT2D eigenvalue weighted by Gasteiger charge is 2.36. The van der Waals surface area contributed by atoms with Crippen LogP contribution in [0.1, 0.15) is 34.7 Å². The zero-order valence-electron chi connectivity index (χ0n) is 34.9. The summed E-state index contributed by atoms with van der Waals surface area (Å²) in [7, 11) is -2.66. The van der Waals surface area contributed by atoms with Crippen molar-refractivity contribution in [1.82, 2.24) is 39.0 Å². The number of terminal acetylenes is 1. The molecule has 4 N–H and O–H groups in total. The van der Waals surface area contributed by atoms with Crippen LogP contribution >= 0.6 is 34.8 Å². The Morgan fingerprint density at radius 3 is 2.24 bits per heavy atom. The molecule has 0 bridgehead atoms. The molecule has 2 aromatic carbocycles. The maximum absolute atomic E-state index is 12.8. The minimum Gasteiger partial charge on any atom is -0.481 e. The van der Waals surface area contributed by atoms with E-state index >= 15 is 0 Å². The molecule has 0 aliphatic carbocycles. The van der Waals surface area contributed by atoms with Crippen LogP contribution in [0.3, 0.4) is 0 Å². The molecule has 0 spiro atoms. The fraction of sp³-hybridized carbons (Fsp3) is 0.225. The maximum Gasteiger partial charge on any atom is 0.433 e. The van der Waals surface area contributed by atoms with Gasteiger partial charge in [0, 0.05) is 30.6 Å². The third kappa shape index (κ3) is 12.9. The number of aromatic nitrogens is 7. The standard InChI is InChI=1S/C15H13Cl2N3O2.C14H12F3N5O7S.C11H8ClNO3/c1-2-7-22-13-9-12(10(16)8-11(13)17)20-15(21)19-6-4-3-5-14(19)18-20;1-28-8-5-9(29-2)20-12(19-8)21-13(25)22-30(26,27)10-6(11(23)24)3-4-7(18-10)14(15,16)17;12-8-3-4-9(16-6-10(14)15)11-7(8)2-1-5-13-11/h1,8-9H,3-7H2;3-5H,1-2H3,(H,23,24)(H2,19,20,21,22,25);1-5H,6H2,(H,14,15). The molecule has 358 valence electrons. The number of benzene rings is 2. The highest BCUT2D eigenvalue weighted by Crippen LogP contribution is 2.34. The summed E-state index contributed by atoms with van der Waals surface area (Å²) in [6.45, 7) is 0.364. The Morgan fingerprint density at radius 1 is 0.912 bits per heavy atom. The summed E-state index contributed by atoms with van der Waals surface area (Å²) in [5.41, 5.74) is -1.96. The zero-order valence-corrected chi connectivity index (χ0v) is 38.0. The maximum atomic E-state index is 12.8. The number of halogens is 6. The van der Waals surface area contributed by atoms with Crippen molar-refractivity contribution in [3.8, 4) is 41.3 Å². The molecule has 0 fully saturated rings. The highest BCUT2D eigenvalue weighted by atomic mass is 35.5. The molecule has 0 radical (unpaired) electrons. The summed E-state index contributed by atoms with van der Waals surface area (Å²) in [5, 5.41) is 24.3. The topological polar surface area (TPSA) is 278 Å². The first kappa shape index (κ1) is 51.6. The van der Waals surface area contributed by atoms with Crippen LogP contribution < -0.4 is 34.7 Å². The molecule has 28 heteroatoms. The number of carboxylic acid groups (broad SMARTS) is 2. The number of nitrogens with one attached hydrogen (secondary N) is 2. The zero-order chi connectivity index (χ0) is 49.9. The lowest BCUT2D eigenvalue weighted by atomic mass is 10.2. The largest absolute Gasteiger partial charge is 0.481 e. The van der Waals surface area contributed by atoms with Crippen molar-refractivity contribution in [2.45, 2.75) is 37.0 Å². The summed E-state index contributed by atoms with van der Waals surface area (Å²) in [6, 6.07) is 10.4. The molecule has 21 nitrogen and oxygen atoms in total. The van der Waals surface area contributed by atoms with E-state index in [0.29, 0.717) is 56.4 Å². The van der Waals surface area contributed by atoms with E-state index in [0.717, 1.165) is 30.5 Å². The van der Waals surface area contributed by atoms with Gasteiger partial charge in [-0.05, 0) is 55.3 Å². The van der Waals surface area contributed by atoms with E-state index in [1.165, 1.54) is 35.8 Å². The molecule has 7 rings (SSSR count). The number of sulfonamides is 1. The molecular weight excluding hydrogens is 994 g/mol. The number of hydrogen-bond acceptors (Lipinski definition) is 15. The van der Waals surface area contributed by atoms with Crippen molar-refractivity contribution in [2.24, 2.45) is 0 Å². The molecule has 0 atom stereocenters. The quantitative estimate of drug-likeness (QED) is 0.0999. The number of fused-ring (bicyclic) bond motifs is 2. The fourth-order valence-corrected chi connectivity index (χ4v) is 7.56. The second-order valence-electron chi connectivity index (χ2n) is 13.3. The van der Waals surface area contributed by atoms with Gasteiger partial charge in [-0.1, -0.05) is 40.7 Å². The molecule has 0 saturated heterocycles. The lowest BCUT2D eigenvalue weighted by molar-refractivity contribution is -0.141. The number of aromatic carboxylic acids is 1. The predicted octanol–water partition coefficient (Wildman–Crippen LogP) is 6.16. The normalized spacial score (nSPS) is 11.9. The van der Waals surface area contributed by atoms with Crippen LogP contribution in [-0.4, -0.2) is 98.3 Å². The minimum absolute atomic E-state index is 0.0623. The van der Waals surface area contributed by atoms with Crippen LogP contribution in [0.25, 0.3) is 16.6 Å². The van der Waals surface area contributed by atoms with Gasteiger partial charge in [0.15, 0.2) is 11.6 Å². The van der Waals surface area contributed by atoms with Gasteiger partial charge in [0.2, 0.25) is 17.7 Å². The second-order valence-corrected chi connectivity index (χ2v) is 16.1. The Morgan fingerprint density at radius 2 is 1.62 bits per heavy atom. The van der Waals surface area contributed by atoms with Crippen LogP contribution in [0, 0.1) is 12.3 Å². The van der Waals surface area contributed by atoms with E-state index in [9.17, 15) is 40.8 Å². The van der Waals surface area contributed by atoms with Crippen molar-refractivity contribution in [1.29, 1.82) is 0 Å². The van der Waals surface area contributed by atoms with Gasteiger partial charge in [0.1, 0.15) is 35.1 Å². The van der Waals surface area contributed by atoms with E-state index in [1.807, 2.05) is 5.32 Å². The third-order valence-corrected chi connectivity index (χ3v) is 10.9. The number of nitrogens with zero attached hydrogens (tertiary/aromatic N) is 7. The van der Waals surface area contributed by atoms with Crippen molar-refractivity contribution in [2.75, 3.05) is 32.8 Å². The Labute approximate surface area is 396 Å². The molecule has 6 aromatic rings. The molecule has 0 unspecified atom stereocenters. The first-order valence-corrected chi connectivity index (χ1v) is 21.5. The number of aliphatic carboxylic acids is 1. The van der Waals surface area contributed by atoms with Gasteiger partial charge in [0.25, 0.3) is 10.0 Å². The van der Waals surface area contributed by atoms with Gasteiger partial charge < -0.3 is 29.2 Å². The van der Waals surface area contributed by atoms with Crippen LogP contribution in [0.4, 0.5) is 23.9 Å². The average molecular weight is 1030 g/mol. The molecule has 1 aliphatic heterocycles. The highest BCUT2D eigenvalue weighted by molar-refractivity contribution is 7.90. The van der Waals surface area contributed by atoms with Gasteiger partial charge >= 0.3 is 29.8 Å². The Kier molecular flexibility index (Phi) is 17.0. The van der Waals surface area contributed by atoms with Gasteiger partial charge in [-0.25, -0.2) is 28.9 Å². The predicted molar refractivity (Wildman–Crippen MR) is 236 cm³/mol. The number of anilines is 1. The number of aryl methyl sites for hydroxylation is 1. The molecule has 68 heavy (non-hydrogen) atoms. The van der Waals surface area contributed by atoms with Crippen molar-refractivity contribution < 1.29 is 65.1 Å². The van der Waals surface area contributed by atoms with Crippen LogP contribution in [0.15, 0.2) is 70.6 Å². The smallest absolute Gasteiger partial charge is 0.433 e. The number of methoxy groups -OCH3 is 2. The van der Waals surface area contributed by atoms with Gasteiger partial charge in [0.05, 0.1) is 46.6 Å². The summed E-state index contributed by atoms with van der Waals surface area (Å²) in [6.07, 6.45) is 4.51. The molecular formula is C40H33Cl3F3N9O12S. The molecule has 1 aliphatic rings. The number of amides is 2. The number of carboxylic acids is 2. The van der Waals surface area contributed by atoms with Crippen LogP contribution in [-0.2, 0) is 34.0 Å². The number of rotatable bonds is 12. The first-order valence-electron chi connectivity index (χ1n) is 18.9. The number of alkyl halides is 3. The number of hydrogen-bond donors (Lipinski definition) is 4. The van der Waals surface area contributed by atoms with E-state index in [2.05, 4.69) is 31.0 Å². The van der Waals surface area contributed by atoms with Crippen LogP contribution in [0.5, 0.6) is 23.3 Å². The van der Waals surface area contributed by atoms with Gasteiger partial charge in [-0.15, -0.1) is 11.5 Å². The SMILES string of the molecule is C#CCOc1cc(-n2nc3n(c2=O)CCCC3)c(Cl)cc1Cl.COc1cc(OC)nc(NC(=O)NS(=O)(=O)c2nc(C(F)(F)F)ccc2C(=O)O)n1.O=C(O)COc1ccc(Cl)c2cccnc12. The summed E-state index contributed by atoms with van der Waals surface area (Å²) in [5.74, 6) is 0.421. The van der Waals surface area contributed by atoms with Crippen LogP contribution in [0.2, 0.25) is 15.1 Å². The van der Waals surface area contributed by atoms with Crippen molar-refractivity contribution in [3.63, 3.8) is 0 Å². The number of ether oxygens (including phenoxy) is 4. The minimum atomic E-state index is -5.14. The van der Waals surface area contributed by atoms with Gasteiger partial charge in [-0.3, -0.25) is 14.9 Å². The van der Waals surface area contributed by atoms with E-state index in [4.69, 9.17) is 70.4 Å². The number of carbonyl (C=O) groups is 3. The Hall–Kier alpha value is -7.40. The second kappa shape index (κ2) is 22.4. The average Bonchev–Trinajstić information content (AvgIpc) is 3.63. The first-order chi connectivity index (χ1) is 32.2. The number of urea groups is 1. The lowest BCUT2D eigenvalue weighted by Gasteiger charge is -2.12. The Bertz CT molecular complexity index is 3070. The number of carbonyl (C=O) groups excluding carboxylic acids is 1. The third-order valence-electron chi connectivity index (χ3n) is 8.73. The monoisotopic (exact) mass is 1030 g/mol. The molecule has 4 aromatic heterocycles. The fourth-order valence-electron chi connectivity index (χ4n) is 5.77. The molecule has 2 amide bonds. The van der Waals surface area contributed by atoms with Crippen molar-refractivity contribution in [3.05, 3.63) is 103 Å².